The molecule has 26 heavy (non-hydrogen) atoms. The topological polar surface area (TPSA) is 70.7 Å². The van der Waals surface area contributed by atoms with Gasteiger partial charge in [0.05, 0.1) is 0 Å². The lowest BCUT2D eigenvalue weighted by atomic mass is 10.1. The first-order valence-electron chi connectivity index (χ1n) is 9.20. The number of carbonyl (C=O) groups excluding carboxylic acids is 1. The summed E-state index contributed by atoms with van der Waals surface area (Å²) in [5.41, 5.74) is 3.33. The maximum atomic E-state index is 12.6. The van der Waals surface area contributed by atoms with E-state index in [2.05, 4.69) is 33.4 Å². The molecule has 0 aliphatic carbocycles. The van der Waals surface area contributed by atoms with Gasteiger partial charge in [-0.3, -0.25) is 9.78 Å². The van der Waals surface area contributed by atoms with E-state index in [0.29, 0.717) is 11.7 Å². The van der Waals surface area contributed by atoms with E-state index in [4.69, 9.17) is 0 Å². The zero-order valence-electron chi connectivity index (χ0n) is 15.2. The SMILES string of the molecule is C[Si]1(C)CCC(NC(=O)c2cc3cc(-c4cccnc4)cnc3[nH]2)CC1. The standard InChI is InChI=1S/C20H24N4OSi/c1-26(2)8-5-17(6-9-26)23-20(25)18-11-15-10-16(13-22-19(15)24-18)14-4-3-7-21-12-14/h3-4,7,10-13,17H,5-6,8-9H2,1-2H3,(H,22,24)(H,23,25). The highest BCUT2D eigenvalue weighted by molar-refractivity contribution is 6.77. The molecule has 1 fully saturated rings. The van der Waals surface area contributed by atoms with E-state index in [-0.39, 0.29) is 5.91 Å². The molecule has 1 aliphatic rings. The maximum absolute atomic E-state index is 12.6. The van der Waals surface area contributed by atoms with Gasteiger partial charge in [-0.25, -0.2) is 4.98 Å². The summed E-state index contributed by atoms with van der Waals surface area (Å²) in [4.78, 5) is 24.4. The molecule has 0 bridgehead atoms. The van der Waals surface area contributed by atoms with Gasteiger partial charge in [-0.2, -0.15) is 0 Å². The Morgan fingerprint density at radius 3 is 2.73 bits per heavy atom. The molecular weight excluding hydrogens is 340 g/mol. The highest BCUT2D eigenvalue weighted by Gasteiger charge is 2.29. The second kappa shape index (κ2) is 6.68. The number of amides is 1. The zero-order valence-corrected chi connectivity index (χ0v) is 16.2. The maximum Gasteiger partial charge on any atom is 0.267 e. The van der Waals surface area contributed by atoms with E-state index in [1.807, 2.05) is 36.7 Å². The molecule has 0 spiro atoms. The number of rotatable bonds is 3. The lowest BCUT2D eigenvalue weighted by Crippen LogP contribution is -2.42. The Morgan fingerprint density at radius 1 is 1.19 bits per heavy atom. The second-order valence-corrected chi connectivity index (χ2v) is 13.3. The van der Waals surface area contributed by atoms with Crippen LogP contribution in [0, 0.1) is 0 Å². The Bertz CT molecular complexity index is 925. The van der Waals surface area contributed by atoms with Crippen LogP contribution >= 0.6 is 0 Å². The van der Waals surface area contributed by atoms with Crippen molar-refractivity contribution in [3.63, 3.8) is 0 Å². The van der Waals surface area contributed by atoms with Gasteiger partial charge in [0.2, 0.25) is 0 Å². The summed E-state index contributed by atoms with van der Waals surface area (Å²) >= 11 is 0. The summed E-state index contributed by atoms with van der Waals surface area (Å²) in [6, 6.07) is 10.7. The summed E-state index contributed by atoms with van der Waals surface area (Å²) in [6.45, 7) is 4.88. The number of aromatic amines is 1. The highest BCUT2D eigenvalue weighted by atomic mass is 28.3. The van der Waals surface area contributed by atoms with E-state index >= 15 is 0 Å². The summed E-state index contributed by atoms with van der Waals surface area (Å²) in [5, 5.41) is 4.13. The monoisotopic (exact) mass is 364 g/mol. The minimum absolute atomic E-state index is 0.0303. The lowest BCUT2D eigenvalue weighted by molar-refractivity contribution is 0.0929. The van der Waals surface area contributed by atoms with Crippen LogP contribution in [0.5, 0.6) is 0 Å². The van der Waals surface area contributed by atoms with Crippen LogP contribution in [-0.4, -0.2) is 35.0 Å². The zero-order chi connectivity index (χ0) is 18.1. The Labute approximate surface area is 154 Å². The third-order valence-corrected chi connectivity index (χ3v) is 8.67. The van der Waals surface area contributed by atoms with E-state index in [9.17, 15) is 4.79 Å². The first-order chi connectivity index (χ1) is 12.5. The van der Waals surface area contributed by atoms with Gasteiger partial charge in [0.1, 0.15) is 11.3 Å². The van der Waals surface area contributed by atoms with Crippen LogP contribution in [-0.2, 0) is 0 Å². The first-order valence-corrected chi connectivity index (χ1v) is 12.6. The van der Waals surface area contributed by atoms with Crippen molar-refractivity contribution < 1.29 is 4.79 Å². The van der Waals surface area contributed by atoms with Gasteiger partial charge in [0, 0.05) is 49.2 Å². The van der Waals surface area contributed by atoms with Crippen molar-refractivity contribution >= 4 is 25.0 Å². The van der Waals surface area contributed by atoms with Crippen molar-refractivity contribution in [2.45, 2.75) is 44.1 Å². The summed E-state index contributed by atoms with van der Waals surface area (Å²) in [7, 11) is -1.00. The van der Waals surface area contributed by atoms with Gasteiger partial charge in [0.15, 0.2) is 0 Å². The number of carbonyl (C=O) groups is 1. The molecule has 1 saturated heterocycles. The average molecular weight is 365 g/mol. The average Bonchev–Trinajstić information content (AvgIpc) is 3.07. The number of nitrogens with one attached hydrogen (secondary N) is 2. The fourth-order valence-corrected chi connectivity index (χ4v) is 6.15. The number of aromatic nitrogens is 3. The Balaban J connectivity index is 1.51. The molecular formula is C20H24N4OSi. The number of nitrogens with zero attached hydrogens (tertiary/aromatic N) is 2. The van der Waals surface area contributed by atoms with Gasteiger partial charge < -0.3 is 10.3 Å². The van der Waals surface area contributed by atoms with Crippen molar-refractivity contribution in [2.75, 3.05) is 0 Å². The molecule has 0 radical (unpaired) electrons. The molecule has 1 aliphatic heterocycles. The van der Waals surface area contributed by atoms with Crippen LogP contribution in [0.3, 0.4) is 0 Å². The molecule has 6 heteroatoms. The van der Waals surface area contributed by atoms with Gasteiger partial charge in [0.25, 0.3) is 5.91 Å². The fourth-order valence-electron chi connectivity index (χ4n) is 3.64. The minimum Gasteiger partial charge on any atom is -0.348 e. The van der Waals surface area contributed by atoms with Crippen LogP contribution in [0.25, 0.3) is 22.2 Å². The molecule has 4 rings (SSSR count). The molecule has 3 aromatic heterocycles. The van der Waals surface area contributed by atoms with Crippen molar-refractivity contribution in [3.8, 4) is 11.1 Å². The molecule has 1 amide bonds. The third-order valence-electron chi connectivity index (χ3n) is 5.38. The van der Waals surface area contributed by atoms with Gasteiger partial charge in [-0.05, 0) is 31.0 Å². The molecule has 4 heterocycles. The van der Waals surface area contributed by atoms with E-state index in [0.717, 1.165) is 35.0 Å². The molecule has 5 nitrogen and oxygen atoms in total. The number of hydrogen-bond donors (Lipinski definition) is 2. The predicted octanol–water partition coefficient (Wildman–Crippen LogP) is 4.23. The van der Waals surface area contributed by atoms with Crippen LogP contribution in [0.1, 0.15) is 23.3 Å². The molecule has 0 saturated carbocycles. The third kappa shape index (κ3) is 3.55. The van der Waals surface area contributed by atoms with Crippen molar-refractivity contribution in [1.82, 2.24) is 20.3 Å². The number of H-pyrrole nitrogens is 1. The largest absolute Gasteiger partial charge is 0.348 e. The minimum atomic E-state index is -1.00. The quantitative estimate of drug-likeness (QED) is 0.683. The second-order valence-electron chi connectivity index (χ2n) is 8.00. The van der Waals surface area contributed by atoms with Crippen LogP contribution in [0.15, 0.2) is 42.9 Å². The lowest BCUT2D eigenvalue weighted by Gasteiger charge is -2.33. The predicted molar refractivity (Wildman–Crippen MR) is 107 cm³/mol. The number of pyridine rings is 2. The molecule has 0 aromatic carbocycles. The number of hydrogen-bond acceptors (Lipinski definition) is 3. The van der Waals surface area contributed by atoms with E-state index in [1.54, 1.807) is 6.20 Å². The van der Waals surface area contributed by atoms with Gasteiger partial charge in [-0.15, -0.1) is 0 Å². The Hall–Kier alpha value is -2.47. The van der Waals surface area contributed by atoms with Crippen LogP contribution in [0.2, 0.25) is 25.2 Å². The first kappa shape index (κ1) is 17.0. The van der Waals surface area contributed by atoms with Crippen LogP contribution < -0.4 is 5.32 Å². The van der Waals surface area contributed by atoms with Crippen molar-refractivity contribution in [2.24, 2.45) is 0 Å². The molecule has 134 valence electrons. The normalized spacial score (nSPS) is 17.3. The van der Waals surface area contributed by atoms with Gasteiger partial charge >= 0.3 is 0 Å². The van der Waals surface area contributed by atoms with E-state index in [1.165, 1.54) is 12.1 Å². The van der Waals surface area contributed by atoms with E-state index < -0.39 is 8.07 Å². The van der Waals surface area contributed by atoms with Crippen molar-refractivity contribution in [1.29, 1.82) is 0 Å². The summed E-state index contributed by atoms with van der Waals surface area (Å²) in [6.07, 6.45) is 7.59. The van der Waals surface area contributed by atoms with Crippen molar-refractivity contribution in [3.05, 3.63) is 48.5 Å². The number of fused-ring (bicyclic) bond motifs is 1. The molecule has 0 unspecified atom stereocenters. The highest BCUT2D eigenvalue weighted by Crippen LogP contribution is 2.28. The molecule has 0 atom stereocenters. The molecule has 3 aromatic rings. The van der Waals surface area contributed by atoms with Crippen LogP contribution in [0.4, 0.5) is 0 Å². The summed E-state index contributed by atoms with van der Waals surface area (Å²) in [5.74, 6) is -0.0303. The summed E-state index contributed by atoms with van der Waals surface area (Å²) < 4.78 is 0. The van der Waals surface area contributed by atoms with Gasteiger partial charge in [-0.1, -0.05) is 31.2 Å². The fraction of sp³-hybridized carbons (Fsp3) is 0.350. The smallest absolute Gasteiger partial charge is 0.267 e. The Kier molecular flexibility index (Phi) is 4.36. The molecule has 2 N–H and O–H groups in total. The Morgan fingerprint density at radius 2 is 2.00 bits per heavy atom.